The molecule has 2 aromatic rings. The topological polar surface area (TPSA) is 17.1 Å². The Labute approximate surface area is 111 Å². The predicted molar refractivity (Wildman–Crippen MR) is 76.0 cm³/mol. The average molecular weight is 252 g/mol. The van der Waals surface area contributed by atoms with E-state index >= 15 is 0 Å². The zero-order valence-corrected chi connectivity index (χ0v) is 10.8. The molecule has 0 amide bonds. The minimum atomic E-state index is 0.671. The van der Waals surface area contributed by atoms with E-state index in [0.717, 1.165) is 17.4 Å². The van der Waals surface area contributed by atoms with E-state index in [9.17, 15) is 4.79 Å². The van der Waals surface area contributed by atoms with E-state index in [1.807, 2.05) is 24.3 Å². The molecule has 0 aromatic heterocycles. The van der Waals surface area contributed by atoms with Gasteiger partial charge in [0.15, 0.2) is 0 Å². The monoisotopic (exact) mass is 252 g/mol. The zero-order valence-electron chi connectivity index (χ0n) is 10.0. The van der Waals surface area contributed by atoms with Gasteiger partial charge >= 0.3 is 0 Å². The molecule has 0 radical (unpaired) electrons. The normalized spacial score (nSPS) is 9.39. The van der Waals surface area contributed by atoms with Gasteiger partial charge in [-0.3, -0.25) is 4.79 Å². The minimum absolute atomic E-state index is 0.671. The van der Waals surface area contributed by atoms with E-state index in [2.05, 4.69) is 30.2 Å². The highest BCUT2D eigenvalue weighted by Gasteiger charge is 1.91. The maximum absolute atomic E-state index is 10.5. The number of aldehydes is 1. The van der Waals surface area contributed by atoms with Gasteiger partial charge in [0.2, 0.25) is 0 Å². The van der Waals surface area contributed by atoms with Crippen LogP contribution in [0.4, 0.5) is 0 Å². The van der Waals surface area contributed by atoms with Crippen LogP contribution in [-0.2, 0) is 0 Å². The molecule has 0 fully saturated rings. The molecule has 2 heteroatoms. The lowest BCUT2D eigenvalue weighted by atomic mass is 10.1. The van der Waals surface area contributed by atoms with E-state index in [-0.39, 0.29) is 0 Å². The molecule has 2 aromatic carbocycles. The molecular formula is C16H12OS. The Balaban J connectivity index is 2.16. The molecule has 0 aliphatic carbocycles. The van der Waals surface area contributed by atoms with E-state index in [1.54, 1.807) is 23.9 Å². The van der Waals surface area contributed by atoms with Crippen LogP contribution in [-0.4, -0.2) is 12.5 Å². The van der Waals surface area contributed by atoms with Crippen molar-refractivity contribution in [2.75, 3.05) is 6.26 Å². The van der Waals surface area contributed by atoms with Crippen molar-refractivity contribution in [3.05, 3.63) is 65.2 Å². The molecule has 0 saturated heterocycles. The molecule has 0 bridgehead atoms. The number of hydrogen-bond donors (Lipinski definition) is 0. The van der Waals surface area contributed by atoms with Crippen LogP contribution in [0, 0.1) is 11.8 Å². The summed E-state index contributed by atoms with van der Waals surface area (Å²) >= 11 is 1.71. The number of thioether (sulfide) groups is 1. The van der Waals surface area contributed by atoms with E-state index in [4.69, 9.17) is 0 Å². The van der Waals surface area contributed by atoms with Crippen molar-refractivity contribution < 1.29 is 4.79 Å². The van der Waals surface area contributed by atoms with E-state index in [0.29, 0.717) is 5.56 Å². The number of carbonyl (C=O) groups is 1. The molecule has 88 valence electrons. The van der Waals surface area contributed by atoms with E-state index < -0.39 is 0 Å². The smallest absolute Gasteiger partial charge is 0.150 e. The van der Waals surface area contributed by atoms with Crippen molar-refractivity contribution in [2.24, 2.45) is 0 Å². The minimum Gasteiger partial charge on any atom is -0.298 e. The highest BCUT2D eigenvalue weighted by molar-refractivity contribution is 7.98. The van der Waals surface area contributed by atoms with Crippen LogP contribution in [0.3, 0.4) is 0 Å². The molecule has 0 spiro atoms. The summed E-state index contributed by atoms with van der Waals surface area (Å²) < 4.78 is 0. The van der Waals surface area contributed by atoms with Gasteiger partial charge < -0.3 is 0 Å². The van der Waals surface area contributed by atoms with Crippen LogP contribution in [0.2, 0.25) is 0 Å². The fourth-order valence-corrected chi connectivity index (χ4v) is 1.87. The van der Waals surface area contributed by atoms with Gasteiger partial charge in [0.1, 0.15) is 6.29 Å². The quantitative estimate of drug-likeness (QED) is 0.461. The summed E-state index contributed by atoms with van der Waals surface area (Å²) in [6.45, 7) is 0. The van der Waals surface area contributed by atoms with Crippen molar-refractivity contribution >= 4 is 18.0 Å². The average Bonchev–Trinajstić information content (AvgIpc) is 2.46. The van der Waals surface area contributed by atoms with Crippen molar-refractivity contribution in [1.82, 2.24) is 0 Å². The third-order valence-electron chi connectivity index (χ3n) is 2.49. The molecule has 0 unspecified atom stereocenters. The van der Waals surface area contributed by atoms with Gasteiger partial charge in [0, 0.05) is 21.6 Å². The fraction of sp³-hybridized carbons (Fsp3) is 0.0625. The molecule has 0 heterocycles. The lowest BCUT2D eigenvalue weighted by Gasteiger charge is -1.95. The molecule has 0 saturated carbocycles. The Morgan fingerprint density at radius 3 is 1.83 bits per heavy atom. The standard InChI is InChI=1S/C16H12OS/c1-18-16-10-8-14(9-11-16)3-2-13-4-6-15(12-17)7-5-13/h4-12H,1H3. The van der Waals surface area contributed by atoms with Gasteiger partial charge in [-0.15, -0.1) is 11.8 Å². The first-order chi connectivity index (χ1) is 8.81. The Hall–Kier alpha value is -1.98. The molecular weight excluding hydrogens is 240 g/mol. The first-order valence-corrected chi connectivity index (χ1v) is 6.75. The van der Waals surface area contributed by atoms with Gasteiger partial charge in [-0.05, 0) is 42.7 Å². The Bertz CT molecular complexity index is 586. The summed E-state index contributed by atoms with van der Waals surface area (Å²) in [6, 6.07) is 15.4. The molecule has 0 aliphatic rings. The lowest BCUT2D eigenvalue weighted by molar-refractivity contribution is 0.112. The van der Waals surface area contributed by atoms with Crippen LogP contribution in [0.25, 0.3) is 0 Å². The third kappa shape index (κ3) is 3.26. The van der Waals surface area contributed by atoms with Gasteiger partial charge in [0.25, 0.3) is 0 Å². The zero-order chi connectivity index (χ0) is 12.8. The summed E-state index contributed by atoms with van der Waals surface area (Å²) in [5.41, 5.74) is 2.58. The number of carbonyl (C=O) groups excluding carboxylic acids is 1. The van der Waals surface area contributed by atoms with Crippen LogP contribution >= 0.6 is 11.8 Å². The largest absolute Gasteiger partial charge is 0.298 e. The summed E-state index contributed by atoms with van der Waals surface area (Å²) in [5, 5.41) is 0. The SMILES string of the molecule is CSc1ccc(C#Cc2ccc(C=O)cc2)cc1. The highest BCUT2D eigenvalue weighted by Crippen LogP contribution is 2.14. The Morgan fingerprint density at radius 2 is 1.39 bits per heavy atom. The maximum atomic E-state index is 10.5. The molecule has 2 rings (SSSR count). The highest BCUT2D eigenvalue weighted by atomic mass is 32.2. The molecule has 0 atom stereocenters. The Kier molecular flexibility index (Phi) is 4.22. The van der Waals surface area contributed by atoms with Crippen molar-refractivity contribution in [1.29, 1.82) is 0 Å². The fourth-order valence-electron chi connectivity index (χ4n) is 1.46. The summed E-state index contributed by atoms with van der Waals surface area (Å²) in [6.07, 6.45) is 2.88. The molecule has 0 aliphatic heterocycles. The van der Waals surface area contributed by atoms with Crippen molar-refractivity contribution in [3.63, 3.8) is 0 Å². The lowest BCUT2D eigenvalue weighted by Crippen LogP contribution is -1.80. The van der Waals surface area contributed by atoms with Gasteiger partial charge in [-0.2, -0.15) is 0 Å². The predicted octanol–water partition coefficient (Wildman–Crippen LogP) is 3.62. The number of hydrogen-bond acceptors (Lipinski definition) is 2. The third-order valence-corrected chi connectivity index (χ3v) is 3.23. The summed E-state index contributed by atoms with van der Waals surface area (Å²) in [5.74, 6) is 6.18. The van der Waals surface area contributed by atoms with Gasteiger partial charge in [-0.1, -0.05) is 24.0 Å². The van der Waals surface area contributed by atoms with Crippen molar-refractivity contribution in [2.45, 2.75) is 4.90 Å². The summed E-state index contributed by atoms with van der Waals surface area (Å²) in [7, 11) is 0. The molecule has 18 heavy (non-hydrogen) atoms. The molecule has 0 N–H and O–H groups in total. The second-order valence-corrected chi connectivity index (χ2v) is 4.60. The summed E-state index contributed by atoms with van der Waals surface area (Å²) in [4.78, 5) is 11.8. The number of benzene rings is 2. The first-order valence-electron chi connectivity index (χ1n) is 5.53. The van der Waals surface area contributed by atoms with Crippen LogP contribution in [0.1, 0.15) is 21.5 Å². The van der Waals surface area contributed by atoms with Crippen LogP contribution < -0.4 is 0 Å². The van der Waals surface area contributed by atoms with Crippen LogP contribution in [0.5, 0.6) is 0 Å². The van der Waals surface area contributed by atoms with Crippen molar-refractivity contribution in [3.8, 4) is 11.8 Å². The van der Waals surface area contributed by atoms with E-state index in [1.165, 1.54) is 4.90 Å². The second kappa shape index (κ2) is 6.09. The Morgan fingerprint density at radius 1 is 0.889 bits per heavy atom. The van der Waals surface area contributed by atoms with Gasteiger partial charge in [0.05, 0.1) is 0 Å². The van der Waals surface area contributed by atoms with Crippen LogP contribution in [0.15, 0.2) is 53.4 Å². The maximum Gasteiger partial charge on any atom is 0.150 e. The molecule has 1 nitrogen and oxygen atoms in total. The number of rotatable bonds is 2. The van der Waals surface area contributed by atoms with Gasteiger partial charge in [-0.25, -0.2) is 0 Å². The first kappa shape index (κ1) is 12.5. The second-order valence-electron chi connectivity index (χ2n) is 3.72.